The number of benzene rings is 3. The van der Waals surface area contributed by atoms with Gasteiger partial charge in [-0.1, -0.05) is 42.5 Å². The molecular formula is C28H27N3O4. The van der Waals surface area contributed by atoms with Crippen LogP contribution in [0.5, 0.6) is 11.5 Å². The minimum Gasteiger partial charge on any atom is -0.490 e. The van der Waals surface area contributed by atoms with Gasteiger partial charge < -0.3 is 20.1 Å². The third-order valence-electron chi connectivity index (χ3n) is 5.08. The van der Waals surface area contributed by atoms with E-state index in [1.54, 1.807) is 30.3 Å². The van der Waals surface area contributed by atoms with E-state index >= 15 is 0 Å². The largest absolute Gasteiger partial charge is 0.490 e. The van der Waals surface area contributed by atoms with Crippen molar-refractivity contribution in [3.63, 3.8) is 0 Å². The van der Waals surface area contributed by atoms with E-state index in [9.17, 15) is 14.9 Å². The Morgan fingerprint density at radius 1 is 0.914 bits per heavy atom. The Morgan fingerprint density at radius 3 is 2.29 bits per heavy atom. The number of para-hydroxylation sites is 2. The predicted octanol–water partition coefficient (Wildman–Crippen LogP) is 5.27. The molecule has 0 radical (unpaired) electrons. The third kappa shape index (κ3) is 6.95. The highest BCUT2D eigenvalue weighted by Gasteiger charge is 2.14. The first kappa shape index (κ1) is 25.1. The van der Waals surface area contributed by atoms with Crippen molar-refractivity contribution in [1.82, 2.24) is 0 Å². The average Bonchev–Trinajstić information content (AvgIpc) is 2.85. The number of carbonyl (C=O) groups excluding carboxylic acids is 2. The zero-order valence-corrected chi connectivity index (χ0v) is 19.9. The Bertz CT molecular complexity index is 1260. The highest BCUT2D eigenvalue weighted by atomic mass is 16.5. The molecule has 3 rings (SSSR count). The molecule has 0 saturated carbocycles. The summed E-state index contributed by atoms with van der Waals surface area (Å²) in [5, 5.41) is 15.2. The van der Waals surface area contributed by atoms with Crippen LogP contribution >= 0.6 is 0 Å². The number of hydrogen-bond acceptors (Lipinski definition) is 5. The van der Waals surface area contributed by atoms with Crippen LogP contribution in [0.2, 0.25) is 0 Å². The molecule has 2 N–H and O–H groups in total. The van der Waals surface area contributed by atoms with Crippen molar-refractivity contribution >= 4 is 29.3 Å². The van der Waals surface area contributed by atoms with Gasteiger partial charge in [-0.2, -0.15) is 5.26 Å². The molecule has 0 atom stereocenters. The quantitative estimate of drug-likeness (QED) is 0.329. The average molecular weight is 470 g/mol. The maximum Gasteiger partial charge on any atom is 0.266 e. The number of aryl methyl sites for hydroxylation is 2. The van der Waals surface area contributed by atoms with Crippen molar-refractivity contribution in [1.29, 1.82) is 5.26 Å². The minimum atomic E-state index is -0.499. The lowest BCUT2D eigenvalue weighted by Gasteiger charge is -2.13. The second-order valence-corrected chi connectivity index (χ2v) is 7.73. The summed E-state index contributed by atoms with van der Waals surface area (Å²) >= 11 is 0. The monoisotopic (exact) mass is 469 g/mol. The highest BCUT2D eigenvalue weighted by Crippen LogP contribution is 2.30. The Labute approximate surface area is 205 Å². The normalized spacial score (nSPS) is 10.7. The maximum absolute atomic E-state index is 12.8. The van der Waals surface area contributed by atoms with Crippen molar-refractivity contribution in [2.45, 2.75) is 20.8 Å². The van der Waals surface area contributed by atoms with Crippen LogP contribution in [-0.2, 0) is 9.59 Å². The zero-order valence-electron chi connectivity index (χ0n) is 19.9. The van der Waals surface area contributed by atoms with Crippen LogP contribution in [0.4, 0.5) is 11.4 Å². The van der Waals surface area contributed by atoms with Crippen molar-refractivity contribution in [2.24, 2.45) is 0 Å². The van der Waals surface area contributed by atoms with Gasteiger partial charge in [-0.3, -0.25) is 9.59 Å². The molecule has 7 heteroatoms. The van der Waals surface area contributed by atoms with E-state index < -0.39 is 5.91 Å². The lowest BCUT2D eigenvalue weighted by Crippen LogP contribution is -2.20. The third-order valence-corrected chi connectivity index (χ3v) is 5.08. The number of amides is 2. The molecule has 35 heavy (non-hydrogen) atoms. The molecule has 3 aromatic carbocycles. The summed E-state index contributed by atoms with van der Waals surface area (Å²) in [5.74, 6) is -0.0229. The van der Waals surface area contributed by atoms with Crippen molar-refractivity contribution in [3.8, 4) is 17.6 Å². The van der Waals surface area contributed by atoms with E-state index in [1.165, 1.54) is 6.08 Å². The van der Waals surface area contributed by atoms with Crippen LogP contribution in [0.25, 0.3) is 6.08 Å². The van der Waals surface area contributed by atoms with Crippen LogP contribution in [0.15, 0.2) is 72.3 Å². The zero-order chi connectivity index (χ0) is 25.2. The van der Waals surface area contributed by atoms with Gasteiger partial charge in [0.05, 0.1) is 6.61 Å². The Kier molecular flexibility index (Phi) is 8.63. The van der Waals surface area contributed by atoms with E-state index in [1.807, 2.05) is 63.2 Å². The first-order valence-electron chi connectivity index (χ1n) is 11.1. The number of carbonyl (C=O) groups is 2. The molecule has 0 bridgehead atoms. The van der Waals surface area contributed by atoms with Crippen molar-refractivity contribution < 1.29 is 19.1 Å². The molecular weight excluding hydrogens is 442 g/mol. The topological polar surface area (TPSA) is 100 Å². The molecule has 3 aromatic rings. The van der Waals surface area contributed by atoms with Crippen LogP contribution in [0.3, 0.4) is 0 Å². The van der Waals surface area contributed by atoms with Gasteiger partial charge in [0, 0.05) is 11.4 Å². The summed E-state index contributed by atoms with van der Waals surface area (Å²) in [4.78, 5) is 25.0. The van der Waals surface area contributed by atoms with E-state index in [4.69, 9.17) is 9.47 Å². The van der Waals surface area contributed by atoms with Gasteiger partial charge in [-0.05, 0) is 67.8 Å². The minimum absolute atomic E-state index is 0.0500. The maximum atomic E-state index is 12.8. The highest BCUT2D eigenvalue weighted by molar-refractivity contribution is 6.10. The Morgan fingerprint density at radius 2 is 1.63 bits per heavy atom. The summed E-state index contributed by atoms with van der Waals surface area (Å²) in [6.07, 6.45) is 1.48. The molecule has 0 aliphatic rings. The molecule has 0 heterocycles. The lowest BCUT2D eigenvalue weighted by atomic mass is 10.1. The summed E-state index contributed by atoms with van der Waals surface area (Å²) in [6, 6.07) is 21.7. The fraction of sp³-hybridized carbons (Fsp3) is 0.179. The van der Waals surface area contributed by atoms with Gasteiger partial charge in [0.15, 0.2) is 18.1 Å². The van der Waals surface area contributed by atoms with Crippen LogP contribution in [0, 0.1) is 25.2 Å². The Balaban J connectivity index is 1.74. The number of anilines is 2. The molecule has 2 amide bonds. The molecule has 178 valence electrons. The second-order valence-electron chi connectivity index (χ2n) is 7.73. The van der Waals surface area contributed by atoms with Crippen LogP contribution < -0.4 is 20.1 Å². The van der Waals surface area contributed by atoms with E-state index in [0.29, 0.717) is 35.0 Å². The summed E-state index contributed by atoms with van der Waals surface area (Å²) in [5.41, 5.74) is 3.72. The fourth-order valence-corrected chi connectivity index (χ4v) is 3.37. The molecule has 7 nitrogen and oxygen atoms in total. The molecule has 0 saturated heterocycles. The molecule has 0 aliphatic heterocycles. The first-order chi connectivity index (χ1) is 16.9. The fourth-order valence-electron chi connectivity index (χ4n) is 3.37. The van der Waals surface area contributed by atoms with Crippen molar-refractivity contribution in [3.05, 3.63) is 89.0 Å². The number of nitrogens with zero attached hydrogens (tertiary/aromatic N) is 1. The summed E-state index contributed by atoms with van der Waals surface area (Å²) < 4.78 is 11.3. The second kappa shape index (κ2) is 12.1. The number of hydrogen-bond donors (Lipinski definition) is 2. The standard InChI is InChI=1S/C28H27N3O4/c1-4-34-25-16-21(13-14-24(25)35-18-26(32)30-23-11-6-5-7-12-23)15-22(17-29)28(33)31-27-19(2)9-8-10-20(27)3/h5-16H,4,18H2,1-3H3,(H,30,32)(H,31,33)/b22-15+. The van der Waals surface area contributed by atoms with Gasteiger partial charge in [0.25, 0.3) is 11.8 Å². The van der Waals surface area contributed by atoms with Gasteiger partial charge in [-0.15, -0.1) is 0 Å². The summed E-state index contributed by atoms with van der Waals surface area (Å²) in [7, 11) is 0. The van der Waals surface area contributed by atoms with Gasteiger partial charge in [0.2, 0.25) is 0 Å². The molecule has 0 unspecified atom stereocenters. The van der Waals surface area contributed by atoms with Crippen LogP contribution in [-0.4, -0.2) is 25.0 Å². The first-order valence-corrected chi connectivity index (χ1v) is 11.1. The number of nitriles is 1. The van der Waals surface area contributed by atoms with Gasteiger partial charge >= 0.3 is 0 Å². The lowest BCUT2D eigenvalue weighted by molar-refractivity contribution is -0.118. The number of rotatable bonds is 9. The van der Waals surface area contributed by atoms with Gasteiger partial charge in [-0.25, -0.2) is 0 Å². The molecule has 0 fully saturated rings. The van der Waals surface area contributed by atoms with Gasteiger partial charge in [0.1, 0.15) is 11.6 Å². The SMILES string of the molecule is CCOc1cc(/C=C(\C#N)C(=O)Nc2c(C)cccc2C)ccc1OCC(=O)Nc1ccccc1. The van der Waals surface area contributed by atoms with E-state index in [0.717, 1.165) is 11.1 Å². The van der Waals surface area contributed by atoms with E-state index in [-0.39, 0.29) is 18.1 Å². The Hall–Kier alpha value is -4.57. The number of ether oxygens (including phenoxy) is 2. The number of nitrogens with one attached hydrogen (secondary N) is 2. The van der Waals surface area contributed by atoms with Crippen molar-refractivity contribution in [2.75, 3.05) is 23.8 Å². The van der Waals surface area contributed by atoms with E-state index in [2.05, 4.69) is 10.6 Å². The van der Waals surface area contributed by atoms with Crippen LogP contribution in [0.1, 0.15) is 23.6 Å². The summed E-state index contributed by atoms with van der Waals surface area (Å²) in [6.45, 7) is 5.79. The molecule has 0 aliphatic carbocycles. The molecule has 0 aromatic heterocycles. The molecule has 0 spiro atoms. The predicted molar refractivity (Wildman–Crippen MR) is 136 cm³/mol. The smallest absolute Gasteiger partial charge is 0.266 e.